The van der Waals surface area contributed by atoms with Crippen molar-refractivity contribution >= 4 is 15.9 Å². The summed E-state index contributed by atoms with van der Waals surface area (Å²) in [5.74, 6) is -0.215. The molecule has 2 N–H and O–H groups in total. The largest absolute Gasteiger partial charge is 0.351 e. The van der Waals surface area contributed by atoms with Crippen LogP contribution in [0.4, 0.5) is 0 Å². The van der Waals surface area contributed by atoms with Crippen molar-refractivity contribution in [2.75, 3.05) is 6.54 Å². The number of hydrogen-bond acceptors (Lipinski definition) is 3. The second-order valence-corrected chi connectivity index (χ2v) is 10.1. The van der Waals surface area contributed by atoms with Crippen molar-refractivity contribution in [3.8, 4) is 0 Å². The SMILES string of the molecule is Cc1ccc(S(=O)(=O)NC2CC2)cc1C(=O)NCC1(c2ccccc2)CCCC1. The molecule has 0 unspecified atom stereocenters. The summed E-state index contributed by atoms with van der Waals surface area (Å²) < 4.78 is 27.7. The number of sulfonamides is 1. The maximum atomic E-state index is 13.0. The van der Waals surface area contributed by atoms with Crippen LogP contribution in [0.25, 0.3) is 0 Å². The lowest BCUT2D eigenvalue weighted by atomic mass is 9.79. The van der Waals surface area contributed by atoms with Crippen molar-refractivity contribution < 1.29 is 13.2 Å². The van der Waals surface area contributed by atoms with Crippen LogP contribution in [-0.4, -0.2) is 26.9 Å². The second-order valence-electron chi connectivity index (χ2n) is 8.41. The zero-order chi connectivity index (χ0) is 20.5. The molecule has 1 amide bonds. The minimum atomic E-state index is -3.59. The Morgan fingerprint density at radius 2 is 1.76 bits per heavy atom. The van der Waals surface area contributed by atoms with Gasteiger partial charge in [-0.3, -0.25) is 4.79 Å². The first-order valence-electron chi connectivity index (χ1n) is 10.4. The minimum Gasteiger partial charge on any atom is -0.351 e. The average molecular weight is 413 g/mol. The van der Waals surface area contributed by atoms with E-state index in [2.05, 4.69) is 22.2 Å². The number of benzene rings is 2. The smallest absolute Gasteiger partial charge is 0.251 e. The number of nitrogens with one attached hydrogen (secondary N) is 2. The van der Waals surface area contributed by atoms with Crippen LogP contribution >= 0.6 is 0 Å². The van der Waals surface area contributed by atoms with E-state index in [1.165, 1.54) is 11.6 Å². The summed E-state index contributed by atoms with van der Waals surface area (Å²) in [6.07, 6.45) is 6.17. The highest BCUT2D eigenvalue weighted by molar-refractivity contribution is 7.89. The molecule has 2 aliphatic carbocycles. The third-order valence-electron chi connectivity index (χ3n) is 6.20. The van der Waals surface area contributed by atoms with Crippen LogP contribution in [0.1, 0.15) is 60.0 Å². The van der Waals surface area contributed by atoms with Gasteiger partial charge >= 0.3 is 0 Å². The van der Waals surface area contributed by atoms with Crippen LogP contribution < -0.4 is 10.0 Å². The molecule has 154 valence electrons. The van der Waals surface area contributed by atoms with Gasteiger partial charge in [0.1, 0.15) is 0 Å². The lowest BCUT2D eigenvalue weighted by molar-refractivity contribution is 0.0942. The summed E-state index contributed by atoms with van der Waals surface area (Å²) in [6.45, 7) is 2.40. The molecule has 0 bridgehead atoms. The van der Waals surface area contributed by atoms with E-state index >= 15 is 0 Å². The van der Waals surface area contributed by atoms with E-state index < -0.39 is 10.0 Å². The average Bonchev–Trinajstić information content (AvgIpc) is 3.39. The Bertz CT molecular complexity index is 992. The first-order chi connectivity index (χ1) is 13.9. The molecule has 29 heavy (non-hydrogen) atoms. The molecule has 2 aromatic carbocycles. The number of amides is 1. The summed E-state index contributed by atoms with van der Waals surface area (Å²) >= 11 is 0. The molecular weight excluding hydrogens is 384 g/mol. The highest BCUT2D eigenvalue weighted by atomic mass is 32.2. The monoisotopic (exact) mass is 412 g/mol. The van der Waals surface area contributed by atoms with Gasteiger partial charge in [0.15, 0.2) is 0 Å². The fraction of sp³-hybridized carbons (Fsp3) is 0.435. The van der Waals surface area contributed by atoms with Gasteiger partial charge in [0.05, 0.1) is 4.90 Å². The second kappa shape index (κ2) is 7.92. The van der Waals surface area contributed by atoms with Gasteiger partial charge in [-0.25, -0.2) is 13.1 Å². The fourth-order valence-electron chi connectivity index (χ4n) is 4.26. The van der Waals surface area contributed by atoms with Crippen LogP contribution in [0, 0.1) is 6.92 Å². The first kappa shape index (κ1) is 20.1. The number of carbonyl (C=O) groups is 1. The molecule has 0 spiro atoms. The van der Waals surface area contributed by atoms with Gasteiger partial charge in [0.25, 0.3) is 5.91 Å². The Kier molecular flexibility index (Phi) is 5.49. The van der Waals surface area contributed by atoms with E-state index in [1.807, 2.05) is 25.1 Å². The summed E-state index contributed by atoms with van der Waals surface area (Å²) in [4.78, 5) is 13.1. The molecule has 0 aromatic heterocycles. The lowest BCUT2D eigenvalue weighted by Gasteiger charge is -2.30. The first-order valence-corrected chi connectivity index (χ1v) is 11.8. The van der Waals surface area contributed by atoms with E-state index in [0.29, 0.717) is 12.1 Å². The van der Waals surface area contributed by atoms with Crippen LogP contribution in [0.5, 0.6) is 0 Å². The van der Waals surface area contributed by atoms with Crippen molar-refractivity contribution in [2.45, 2.75) is 61.8 Å². The molecular formula is C23H28N2O3S. The van der Waals surface area contributed by atoms with Crippen LogP contribution in [0.2, 0.25) is 0 Å². The Labute approximate surface area is 173 Å². The molecule has 0 atom stereocenters. The molecule has 0 saturated heterocycles. The van der Waals surface area contributed by atoms with Crippen molar-refractivity contribution in [1.82, 2.24) is 10.0 Å². The van der Waals surface area contributed by atoms with Gasteiger partial charge in [-0.2, -0.15) is 0 Å². The number of rotatable bonds is 7. The normalized spacial score (nSPS) is 18.5. The van der Waals surface area contributed by atoms with Gasteiger partial charge in [0.2, 0.25) is 10.0 Å². The van der Waals surface area contributed by atoms with E-state index in [1.54, 1.807) is 12.1 Å². The lowest BCUT2D eigenvalue weighted by Crippen LogP contribution is -2.39. The predicted molar refractivity (Wildman–Crippen MR) is 113 cm³/mol. The summed E-state index contributed by atoms with van der Waals surface area (Å²) in [5.41, 5.74) is 2.42. The molecule has 2 aromatic rings. The highest BCUT2D eigenvalue weighted by Crippen LogP contribution is 2.40. The summed E-state index contributed by atoms with van der Waals surface area (Å²) in [6, 6.07) is 15.2. The molecule has 0 radical (unpaired) electrons. The van der Waals surface area contributed by atoms with Crippen molar-refractivity contribution in [3.63, 3.8) is 0 Å². The molecule has 2 saturated carbocycles. The zero-order valence-electron chi connectivity index (χ0n) is 16.8. The van der Waals surface area contributed by atoms with Crippen molar-refractivity contribution in [1.29, 1.82) is 0 Å². The number of aryl methyl sites for hydroxylation is 1. The molecule has 2 fully saturated rings. The Morgan fingerprint density at radius 1 is 1.07 bits per heavy atom. The summed E-state index contributed by atoms with van der Waals surface area (Å²) in [7, 11) is -3.59. The van der Waals surface area contributed by atoms with E-state index in [9.17, 15) is 13.2 Å². The fourth-order valence-corrected chi connectivity index (χ4v) is 5.59. The topological polar surface area (TPSA) is 75.3 Å². The Morgan fingerprint density at radius 3 is 2.41 bits per heavy atom. The molecule has 0 aliphatic heterocycles. The molecule has 0 heterocycles. The van der Waals surface area contributed by atoms with Crippen LogP contribution in [-0.2, 0) is 15.4 Å². The highest BCUT2D eigenvalue weighted by Gasteiger charge is 2.36. The van der Waals surface area contributed by atoms with Crippen molar-refractivity contribution in [2.24, 2.45) is 0 Å². The maximum Gasteiger partial charge on any atom is 0.251 e. The molecule has 2 aliphatic rings. The van der Waals surface area contributed by atoms with Crippen molar-refractivity contribution in [3.05, 3.63) is 65.2 Å². The van der Waals surface area contributed by atoms with Crippen LogP contribution in [0.3, 0.4) is 0 Å². The Balaban J connectivity index is 1.53. The van der Waals surface area contributed by atoms with Crippen LogP contribution in [0.15, 0.2) is 53.4 Å². The molecule has 4 rings (SSSR count). The third kappa shape index (κ3) is 4.38. The van der Waals surface area contributed by atoms with Gasteiger partial charge in [-0.1, -0.05) is 49.2 Å². The number of hydrogen-bond donors (Lipinski definition) is 2. The van der Waals surface area contributed by atoms with E-state index in [4.69, 9.17) is 0 Å². The van der Waals surface area contributed by atoms with E-state index in [0.717, 1.165) is 44.1 Å². The number of carbonyl (C=O) groups excluding carboxylic acids is 1. The van der Waals surface area contributed by atoms with E-state index in [-0.39, 0.29) is 22.3 Å². The third-order valence-corrected chi connectivity index (χ3v) is 7.72. The Hall–Kier alpha value is -2.18. The predicted octanol–water partition coefficient (Wildman–Crippen LogP) is 3.68. The van der Waals surface area contributed by atoms with Gasteiger partial charge in [-0.15, -0.1) is 0 Å². The zero-order valence-corrected chi connectivity index (χ0v) is 17.6. The maximum absolute atomic E-state index is 13.0. The quantitative estimate of drug-likeness (QED) is 0.728. The van der Waals surface area contributed by atoms with Gasteiger partial charge in [0, 0.05) is 23.6 Å². The standard InChI is InChI=1S/C23H28N2O3S/c1-17-9-12-20(29(27,28)25-19-10-11-19)15-21(17)22(26)24-16-23(13-5-6-14-23)18-7-3-2-4-8-18/h2-4,7-9,12,15,19,25H,5-6,10-11,13-14,16H2,1H3,(H,24,26). The van der Waals surface area contributed by atoms with Gasteiger partial charge in [-0.05, 0) is 55.9 Å². The molecule has 5 nitrogen and oxygen atoms in total. The minimum absolute atomic E-state index is 0.0340. The molecule has 6 heteroatoms. The summed E-state index contributed by atoms with van der Waals surface area (Å²) in [5, 5.41) is 3.10. The van der Waals surface area contributed by atoms with Gasteiger partial charge < -0.3 is 5.32 Å².